The molecule has 1 unspecified atom stereocenters. The van der Waals surface area contributed by atoms with E-state index in [1.807, 2.05) is 0 Å². The van der Waals surface area contributed by atoms with Gasteiger partial charge < -0.3 is 10.0 Å². The molecule has 0 saturated carbocycles. The van der Waals surface area contributed by atoms with Gasteiger partial charge in [-0.25, -0.2) is 4.79 Å². The molecule has 2 rings (SSSR count). The summed E-state index contributed by atoms with van der Waals surface area (Å²) in [6.45, 7) is 1.44. The van der Waals surface area contributed by atoms with Gasteiger partial charge in [-0.2, -0.15) is 0 Å². The van der Waals surface area contributed by atoms with Crippen LogP contribution in [-0.2, 0) is 11.2 Å². The highest BCUT2D eigenvalue weighted by atomic mass is 16.4. The molecule has 1 aromatic heterocycles. The van der Waals surface area contributed by atoms with Crippen molar-refractivity contribution >= 4 is 12.0 Å². The molecule has 2 amide bonds. The number of carbonyl (C=O) groups is 2. The Balaban J connectivity index is 2.15. The molecule has 108 valence electrons. The van der Waals surface area contributed by atoms with Crippen molar-refractivity contribution < 1.29 is 14.7 Å². The van der Waals surface area contributed by atoms with Crippen molar-refractivity contribution in [1.29, 1.82) is 0 Å². The lowest BCUT2D eigenvalue weighted by Gasteiger charge is -2.28. The van der Waals surface area contributed by atoms with Gasteiger partial charge >= 0.3 is 6.09 Å². The summed E-state index contributed by atoms with van der Waals surface area (Å²) in [5, 5.41) is 9.16. The summed E-state index contributed by atoms with van der Waals surface area (Å²) in [4.78, 5) is 30.5. The summed E-state index contributed by atoms with van der Waals surface area (Å²) in [6, 6.07) is 2.94. The first-order chi connectivity index (χ1) is 9.59. The Morgan fingerprint density at radius 2 is 1.95 bits per heavy atom. The van der Waals surface area contributed by atoms with Gasteiger partial charge in [0.05, 0.1) is 0 Å². The van der Waals surface area contributed by atoms with Crippen LogP contribution in [0.25, 0.3) is 0 Å². The van der Waals surface area contributed by atoms with E-state index in [0.717, 1.165) is 36.4 Å². The SMILES string of the molecule is CN(C(=O)O)C(Cc1ccncc1)C(=O)N1CCCC1. The Morgan fingerprint density at radius 1 is 1.35 bits per heavy atom. The number of nitrogens with zero attached hydrogens (tertiary/aromatic N) is 3. The van der Waals surface area contributed by atoms with Crippen LogP contribution in [0.15, 0.2) is 24.5 Å². The fraction of sp³-hybridized carbons (Fsp3) is 0.500. The highest BCUT2D eigenvalue weighted by molar-refractivity contribution is 5.85. The van der Waals surface area contributed by atoms with Crippen LogP contribution in [0.5, 0.6) is 0 Å². The highest BCUT2D eigenvalue weighted by Crippen LogP contribution is 2.15. The smallest absolute Gasteiger partial charge is 0.407 e. The van der Waals surface area contributed by atoms with Crippen molar-refractivity contribution in [2.45, 2.75) is 25.3 Å². The number of carboxylic acid groups (broad SMARTS) is 1. The van der Waals surface area contributed by atoms with Crippen LogP contribution in [0.3, 0.4) is 0 Å². The quantitative estimate of drug-likeness (QED) is 0.898. The minimum absolute atomic E-state index is 0.107. The molecular weight excluding hydrogens is 258 g/mol. The topological polar surface area (TPSA) is 73.7 Å². The maximum absolute atomic E-state index is 12.5. The van der Waals surface area contributed by atoms with Crippen LogP contribution >= 0.6 is 0 Å². The number of rotatable bonds is 4. The molecular formula is C14H19N3O3. The van der Waals surface area contributed by atoms with E-state index in [1.165, 1.54) is 7.05 Å². The van der Waals surface area contributed by atoms with E-state index in [2.05, 4.69) is 4.98 Å². The molecule has 1 aliphatic rings. The minimum atomic E-state index is -1.09. The van der Waals surface area contributed by atoms with Crippen molar-refractivity contribution in [3.05, 3.63) is 30.1 Å². The summed E-state index contributed by atoms with van der Waals surface area (Å²) >= 11 is 0. The van der Waals surface area contributed by atoms with Crippen LogP contribution in [0.1, 0.15) is 18.4 Å². The maximum atomic E-state index is 12.5. The van der Waals surface area contributed by atoms with Crippen molar-refractivity contribution in [2.24, 2.45) is 0 Å². The molecule has 0 spiro atoms. The number of hydrogen-bond donors (Lipinski definition) is 1. The lowest BCUT2D eigenvalue weighted by atomic mass is 10.1. The lowest BCUT2D eigenvalue weighted by molar-refractivity contribution is -0.134. The average molecular weight is 277 g/mol. The number of likely N-dealkylation sites (N-methyl/N-ethyl adjacent to an activating group) is 1. The fourth-order valence-corrected chi connectivity index (χ4v) is 2.41. The van der Waals surface area contributed by atoms with E-state index in [1.54, 1.807) is 29.4 Å². The fourth-order valence-electron chi connectivity index (χ4n) is 2.41. The number of amides is 2. The number of carbonyl (C=O) groups excluding carboxylic acids is 1. The van der Waals surface area contributed by atoms with E-state index in [9.17, 15) is 9.59 Å². The Kier molecular flexibility index (Phi) is 4.55. The standard InChI is InChI=1S/C14H19N3O3/c1-16(14(19)20)12(10-11-4-6-15-7-5-11)13(18)17-8-2-3-9-17/h4-7,12H,2-3,8-10H2,1H3,(H,19,20). The summed E-state index contributed by atoms with van der Waals surface area (Å²) < 4.78 is 0. The maximum Gasteiger partial charge on any atom is 0.407 e. The Bertz CT molecular complexity index is 472. The molecule has 0 aromatic carbocycles. The summed E-state index contributed by atoms with van der Waals surface area (Å²) in [7, 11) is 1.45. The van der Waals surface area contributed by atoms with Crippen LogP contribution in [0, 0.1) is 0 Å². The van der Waals surface area contributed by atoms with E-state index < -0.39 is 12.1 Å². The lowest BCUT2D eigenvalue weighted by Crippen LogP contribution is -2.49. The molecule has 1 aliphatic heterocycles. The molecule has 1 aromatic rings. The molecule has 1 saturated heterocycles. The predicted molar refractivity (Wildman–Crippen MR) is 73.3 cm³/mol. The van der Waals surface area contributed by atoms with Gasteiger partial charge in [-0.15, -0.1) is 0 Å². The van der Waals surface area contributed by atoms with Crippen LogP contribution < -0.4 is 0 Å². The third kappa shape index (κ3) is 3.26. The molecule has 0 radical (unpaired) electrons. The van der Waals surface area contributed by atoms with Crippen LogP contribution in [0.4, 0.5) is 4.79 Å². The first-order valence-electron chi connectivity index (χ1n) is 6.73. The van der Waals surface area contributed by atoms with Crippen molar-refractivity contribution in [3.8, 4) is 0 Å². The highest BCUT2D eigenvalue weighted by Gasteiger charge is 2.31. The van der Waals surface area contributed by atoms with Gasteiger partial charge in [-0.1, -0.05) is 0 Å². The second kappa shape index (κ2) is 6.36. The minimum Gasteiger partial charge on any atom is -0.465 e. The van der Waals surface area contributed by atoms with Crippen LogP contribution in [-0.4, -0.2) is 58.1 Å². The van der Waals surface area contributed by atoms with Gasteiger partial charge in [0.2, 0.25) is 5.91 Å². The van der Waals surface area contributed by atoms with Crippen molar-refractivity contribution in [2.75, 3.05) is 20.1 Å². The Labute approximate surface area is 118 Å². The zero-order valence-corrected chi connectivity index (χ0v) is 11.5. The second-order valence-corrected chi connectivity index (χ2v) is 5.00. The first kappa shape index (κ1) is 14.3. The van der Waals surface area contributed by atoms with E-state index in [-0.39, 0.29) is 5.91 Å². The van der Waals surface area contributed by atoms with E-state index in [0.29, 0.717) is 6.42 Å². The zero-order chi connectivity index (χ0) is 14.5. The van der Waals surface area contributed by atoms with Gasteiger partial charge in [0.15, 0.2) is 0 Å². The Hall–Kier alpha value is -2.11. The molecule has 2 heterocycles. The van der Waals surface area contributed by atoms with Gasteiger partial charge in [0.25, 0.3) is 0 Å². The molecule has 1 N–H and O–H groups in total. The Morgan fingerprint density at radius 3 is 2.50 bits per heavy atom. The van der Waals surface area contributed by atoms with Crippen molar-refractivity contribution in [3.63, 3.8) is 0 Å². The second-order valence-electron chi connectivity index (χ2n) is 5.00. The normalized spacial score (nSPS) is 15.9. The predicted octanol–water partition coefficient (Wildman–Crippen LogP) is 1.22. The summed E-state index contributed by atoms with van der Waals surface area (Å²) in [5.74, 6) is -0.107. The third-order valence-corrected chi connectivity index (χ3v) is 3.65. The molecule has 6 heteroatoms. The molecule has 20 heavy (non-hydrogen) atoms. The van der Waals surface area contributed by atoms with E-state index in [4.69, 9.17) is 5.11 Å². The number of pyridine rings is 1. The first-order valence-corrected chi connectivity index (χ1v) is 6.73. The van der Waals surface area contributed by atoms with Gasteiger partial charge in [-0.3, -0.25) is 14.7 Å². The molecule has 0 aliphatic carbocycles. The third-order valence-electron chi connectivity index (χ3n) is 3.65. The molecule has 1 fully saturated rings. The van der Waals surface area contributed by atoms with E-state index >= 15 is 0 Å². The molecule has 6 nitrogen and oxygen atoms in total. The number of hydrogen-bond acceptors (Lipinski definition) is 3. The average Bonchev–Trinajstić information content (AvgIpc) is 2.98. The zero-order valence-electron chi connectivity index (χ0n) is 11.5. The van der Waals surface area contributed by atoms with Crippen LogP contribution in [0.2, 0.25) is 0 Å². The summed E-state index contributed by atoms with van der Waals surface area (Å²) in [5.41, 5.74) is 0.908. The van der Waals surface area contributed by atoms with Crippen molar-refractivity contribution in [1.82, 2.24) is 14.8 Å². The van der Waals surface area contributed by atoms with Gasteiger partial charge in [0.1, 0.15) is 6.04 Å². The number of aromatic nitrogens is 1. The largest absolute Gasteiger partial charge is 0.465 e. The molecule has 0 bridgehead atoms. The number of likely N-dealkylation sites (tertiary alicyclic amines) is 1. The summed E-state index contributed by atoms with van der Waals surface area (Å²) in [6.07, 6.45) is 4.56. The monoisotopic (exact) mass is 277 g/mol. The van der Waals surface area contributed by atoms with Gasteiger partial charge in [-0.05, 0) is 30.5 Å². The van der Waals surface area contributed by atoms with Gasteiger partial charge in [0, 0.05) is 39.0 Å². The molecule has 1 atom stereocenters.